The van der Waals surface area contributed by atoms with E-state index in [0.29, 0.717) is 6.42 Å². The monoisotopic (exact) mass is 270 g/mol. The van der Waals surface area contributed by atoms with Crippen LogP contribution in [0.3, 0.4) is 0 Å². The molecule has 1 N–H and O–H groups in total. The average Bonchev–Trinajstić information content (AvgIpc) is 2.42. The van der Waals surface area contributed by atoms with Crippen LogP contribution in [0.5, 0.6) is 5.75 Å². The molecule has 0 aliphatic rings. The molecule has 1 unspecified atom stereocenters. The summed E-state index contributed by atoms with van der Waals surface area (Å²) < 4.78 is 5.38. The Morgan fingerprint density at radius 2 is 1.85 bits per heavy atom. The van der Waals surface area contributed by atoms with Crippen LogP contribution in [0.2, 0.25) is 0 Å². The number of ether oxygens (including phenoxy) is 1. The number of hydrogen-bond donors (Lipinski definition) is 1. The van der Waals surface area contributed by atoms with E-state index < -0.39 is 6.10 Å². The predicted octanol–water partition coefficient (Wildman–Crippen LogP) is 3.90. The van der Waals surface area contributed by atoms with Gasteiger partial charge in [0.2, 0.25) is 0 Å². The second-order valence-electron chi connectivity index (χ2n) is 5.32. The molecule has 0 amide bonds. The van der Waals surface area contributed by atoms with Gasteiger partial charge in [0.25, 0.3) is 0 Å². The molecule has 2 aromatic carbocycles. The zero-order valence-electron chi connectivity index (χ0n) is 12.6. The first kappa shape index (κ1) is 14.6. The molecule has 2 aromatic rings. The Hall–Kier alpha value is -1.80. The minimum atomic E-state index is -0.509. The van der Waals surface area contributed by atoms with Crippen LogP contribution in [-0.2, 0) is 6.42 Å². The summed E-state index contributed by atoms with van der Waals surface area (Å²) in [4.78, 5) is 0. The van der Waals surface area contributed by atoms with Crippen molar-refractivity contribution in [3.8, 4) is 5.75 Å². The van der Waals surface area contributed by atoms with E-state index in [1.807, 2.05) is 31.2 Å². The van der Waals surface area contributed by atoms with Gasteiger partial charge in [0, 0.05) is 6.42 Å². The molecule has 0 saturated carbocycles. The van der Waals surface area contributed by atoms with Crippen molar-refractivity contribution in [2.24, 2.45) is 0 Å². The Morgan fingerprint density at radius 3 is 2.55 bits per heavy atom. The quantitative estimate of drug-likeness (QED) is 0.913. The van der Waals surface area contributed by atoms with E-state index in [1.54, 1.807) is 7.11 Å². The topological polar surface area (TPSA) is 29.5 Å². The summed E-state index contributed by atoms with van der Waals surface area (Å²) in [5, 5.41) is 10.5. The highest BCUT2D eigenvalue weighted by atomic mass is 16.5. The maximum atomic E-state index is 10.5. The number of benzene rings is 2. The fourth-order valence-electron chi connectivity index (χ4n) is 2.52. The van der Waals surface area contributed by atoms with Crippen LogP contribution < -0.4 is 4.74 Å². The highest BCUT2D eigenvalue weighted by molar-refractivity contribution is 5.40. The third-order valence-electron chi connectivity index (χ3n) is 3.85. The van der Waals surface area contributed by atoms with E-state index in [2.05, 4.69) is 26.0 Å². The molecular weight excluding hydrogens is 248 g/mol. The normalized spacial score (nSPS) is 12.2. The van der Waals surface area contributed by atoms with Gasteiger partial charge in [0.1, 0.15) is 5.75 Å². The largest absolute Gasteiger partial charge is 0.496 e. The number of aryl methyl sites for hydroxylation is 2. The Morgan fingerprint density at radius 1 is 1.10 bits per heavy atom. The predicted molar refractivity (Wildman–Crippen MR) is 82.3 cm³/mol. The molecule has 0 fully saturated rings. The van der Waals surface area contributed by atoms with E-state index in [1.165, 1.54) is 11.1 Å². The van der Waals surface area contributed by atoms with Crippen molar-refractivity contribution in [1.29, 1.82) is 0 Å². The van der Waals surface area contributed by atoms with Crippen LogP contribution in [0.1, 0.15) is 33.9 Å². The van der Waals surface area contributed by atoms with Crippen molar-refractivity contribution < 1.29 is 9.84 Å². The lowest BCUT2D eigenvalue weighted by Gasteiger charge is -2.17. The Balaban J connectivity index is 2.30. The fourth-order valence-corrected chi connectivity index (χ4v) is 2.52. The Bertz CT molecular complexity index is 602. The minimum Gasteiger partial charge on any atom is -0.496 e. The van der Waals surface area contributed by atoms with Gasteiger partial charge in [-0.15, -0.1) is 0 Å². The van der Waals surface area contributed by atoms with Gasteiger partial charge in [0.05, 0.1) is 13.2 Å². The fraction of sp³-hybridized carbons (Fsp3) is 0.333. The van der Waals surface area contributed by atoms with Crippen LogP contribution in [0.25, 0.3) is 0 Å². The van der Waals surface area contributed by atoms with Gasteiger partial charge >= 0.3 is 0 Å². The van der Waals surface area contributed by atoms with Gasteiger partial charge in [-0.3, -0.25) is 0 Å². The zero-order chi connectivity index (χ0) is 14.7. The second-order valence-corrected chi connectivity index (χ2v) is 5.32. The van der Waals surface area contributed by atoms with Gasteiger partial charge in [-0.25, -0.2) is 0 Å². The molecule has 20 heavy (non-hydrogen) atoms. The van der Waals surface area contributed by atoms with Crippen molar-refractivity contribution in [2.45, 2.75) is 33.3 Å². The number of aliphatic hydroxyl groups excluding tert-OH is 1. The molecule has 2 heteroatoms. The van der Waals surface area contributed by atoms with Crippen molar-refractivity contribution in [3.63, 3.8) is 0 Å². The molecule has 0 radical (unpaired) electrons. The summed E-state index contributed by atoms with van der Waals surface area (Å²) in [5.41, 5.74) is 5.58. The van der Waals surface area contributed by atoms with E-state index >= 15 is 0 Å². The number of aliphatic hydroxyl groups is 1. The number of hydrogen-bond acceptors (Lipinski definition) is 2. The number of methoxy groups -OCH3 is 1. The van der Waals surface area contributed by atoms with Gasteiger partial charge < -0.3 is 9.84 Å². The second kappa shape index (κ2) is 6.10. The van der Waals surface area contributed by atoms with Crippen LogP contribution in [0, 0.1) is 20.8 Å². The van der Waals surface area contributed by atoms with Crippen molar-refractivity contribution >= 4 is 0 Å². The van der Waals surface area contributed by atoms with Gasteiger partial charge in [0.15, 0.2) is 0 Å². The van der Waals surface area contributed by atoms with Gasteiger partial charge in [-0.05, 0) is 49.1 Å². The Labute approximate surface area is 121 Å². The lowest BCUT2D eigenvalue weighted by molar-refractivity contribution is 0.176. The van der Waals surface area contributed by atoms with Crippen molar-refractivity contribution in [1.82, 2.24) is 0 Å². The summed E-state index contributed by atoms with van der Waals surface area (Å²) in [6, 6.07) is 12.1. The summed E-state index contributed by atoms with van der Waals surface area (Å²) in [5.74, 6) is 0.833. The van der Waals surface area contributed by atoms with Gasteiger partial charge in [-0.1, -0.05) is 35.9 Å². The van der Waals surface area contributed by atoms with Crippen LogP contribution >= 0.6 is 0 Å². The molecule has 0 spiro atoms. The third kappa shape index (κ3) is 3.02. The molecule has 2 nitrogen and oxygen atoms in total. The summed E-state index contributed by atoms with van der Waals surface area (Å²) in [7, 11) is 1.67. The molecule has 0 aliphatic heterocycles. The molecule has 106 valence electrons. The third-order valence-corrected chi connectivity index (χ3v) is 3.85. The average molecular weight is 270 g/mol. The SMILES string of the molecule is COc1ccc(C)cc1CC(O)c1cccc(C)c1C. The maximum absolute atomic E-state index is 10.5. The van der Waals surface area contributed by atoms with Crippen molar-refractivity contribution in [3.05, 3.63) is 64.2 Å². The van der Waals surface area contributed by atoms with E-state index in [9.17, 15) is 5.11 Å². The van der Waals surface area contributed by atoms with E-state index in [0.717, 1.165) is 22.4 Å². The zero-order valence-corrected chi connectivity index (χ0v) is 12.6. The lowest BCUT2D eigenvalue weighted by Crippen LogP contribution is -2.06. The molecule has 0 saturated heterocycles. The first-order chi connectivity index (χ1) is 9.52. The Kier molecular flexibility index (Phi) is 4.46. The molecule has 0 aliphatic carbocycles. The molecule has 2 rings (SSSR count). The van der Waals surface area contributed by atoms with Crippen LogP contribution in [-0.4, -0.2) is 12.2 Å². The molecule has 0 bridgehead atoms. The first-order valence-electron chi connectivity index (χ1n) is 6.90. The number of rotatable bonds is 4. The first-order valence-corrected chi connectivity index (χ1v) is 6.90. The molecular formula is C18H22O2. The van der Waals surface area contributed by atoms with E-state index in [-0.39, 0.29) is 0 Å². The molecule has 1 atom stereocenters. The summed E-state index contributed by atoms with van der Waals surface area (Å²) in [6.45, 7) is 6.17. The molecule has 0 aromatic heterocycles. The van der Waals surface area contributed by atoms with Gasteiger partial charge in [-0.2, -0.15) is 0 Å². The minimum absolute atomic E-state index is 0.509. The molecule has 0 heterocycles. The van der Waals surface area contributed by atoms with Crippen molar-refractivity contribution in [2.75, 3.05) is 7.11 Å². The summed E-state index contributed by atoms with van der Waals surface area (Å²) in [6.07, 6.45) is 0.0559. The smallest absolute Gasteiger partial charge is 0.122 e. The standard InChI is InChI=1S/C18H22O2/c1-12-8-9-18(20-4)15(10-12)11-17(19)16-7-5-6-13(2)14(16)3/h5-10,17,19H,11H2,1-4H3. The van der Waals surface area contributed by atoms with Crippen LogP contribution in [0.4, 0.5) is 0 Å². The lowest BCUT2D eigenvalue weighted by atomic mass is 9.94. The summed E-state index contributed by atoms with van der Waals surface area (Å²) >= 11 is 0. The highest BCUT2D eigenvalue weighted by Gasteiger charge is 2.14. The van der Waals surface area contributed by atoms with Crippen LogP contribution in [0.15, 0.2) is 36.4 Å². The van der Waals surface area contributed by atoms with E-state index in [4.69, 9.17) is 4.74 Å². The highest BCUT2D eigenvalue weighted by Crippen LogP contribution is 2.28. The maximum Gasteiger partial charge on any atom is 0.122 e.